The van der Waals surface area contributed by atoms with Crippen LogP contribution in [0.15, 0.2) is 341 Å². The van der Waals surface area contributed by atoms with Gasteiger partial charge in [0.15, 0.2) is 5.65 Å². The van der Waals surface area contributed by atoms with E-state index in [1.54, 1.807) is 0 Å². The molecule has 0 amide bonds. The maximum Gasteiger partial charge on any atom is 3.00 e. The van der Waals surface area contributed by atoms with Crippen molar-refractivity contribution in [2.24, 2.45) is 0 Å². The fraction of sp³-hybridized carbons (Fsp3) is 0.0300. The largest absolute Gasteiger partial charge is 3.00 e. The van der Waals surface area contributed by atoms with Crippen molar-refractivity contribution in [3.63, 3.8) is 0 Å². The second-order valence-electron chi connectivity index (χ2n) is 28.1. The van der Waals surface area contributed by atoms with Crippen molar-refractivity contribution in [2.75, 3.05) is 35.8 Å². The van der Waals surface area contributed by atoms with E-state index in [2.05, 4.69) is 199 Å². The zero-order valence-corrected chi connectivity index (χ0v) is 71.0. The van der Waals surface area contributed by atoms with Gasteiger partial charge in [0.25, 0.3) is 0 Å². The average Bonchev–Trinajstić information content (AvgIpc) is 1.40. The molecule has 18 heteroatoms. The molecule has 0 unspecified atom stereocenters. The number of hydrogen-bond donors (Lipinski definition) is 0. The van der Waals surface area contributed by atoms with Crippen molar-refractivity contribution in [1.82, 2.24) is 57.8 Å². The molecule has 118 heavy (non-hydrogen) atoms. The Morgan fingerprint density at radius 2 is 0.661 bits per heavy atom. The van der Waals surface area contributed by atoms with Gasteiger partial charge in [-0.05, 0) is 159 Å². The van der Waals surface area contributed by atoms with E-state index in [0.717, 1.165) is 127 Å². The fourth-order valence-corrected chi connectivity index (χ4v) is 15.7. The molecule has 0 bridgehead atoms. The molecule has 14 heterocycles. The summed E-state index contributed by atoms with van der Waals surface area (Å²) >= 11 is 0. The molecule has 25 rings (SSSR count). The van der Waals surface area contributed by atoms with Crippen LogP contribution in [-0.4, -0.2) is 78.9 Å². The van der Waals surface area contributed by atoms with Crippen LogP contribution in [0.4, 0.5) is 17.1 Å². The van der Waals surface area contributed by atoms with Gasteiger partial charge in [0.2, 0.25) is 0 Å². The summed E-state index contributed by atoms with van der Waals surface area (Å²) in [6, 6.07) is 115. The van der Waals surface area contributed by atoms with Gasteiger partial charge in [0.1, 0.15) is 11.2 Å². The Bertz CT molecular complexity index is 7350. The van der Waals surface area contributed by atoms with Crippen LogP contribution in [0.2, 0.25) is 0 Å². The van der Waals surface area contributed by atoms with E-state index >= 15 is 0 Å². The van der Waals surface area contributed by atoms with E-state index in [9.17, 15) is 0 Å². The van der Waals surface area contributed by atoms with Gasteiger partial charge in [-0.3, -0.25) is 0 Å². The van der Waals surface area contributed by atoms with Crippen LogP contribution < -0.4 is 14.7 Å². The molecule has 3 aliphatic heterocycles. The summed E-state index contributed by atoms with van der Waals surface area (Å²) in [5.41, 5.74) is 18.0. The van der Waals surface area contributed by atoms with Gasteiger partial charge in [0, 0.05) is 62.9 Å². The van der Waals surface area contributed by atoms with E-state index < -0.39 is 0 Å². The molecule has 0 saturated carbocycles. The molecule has 570 valence electrons. The van der Waals surface area contributed by atoms with Gasteiger partial charge in [-0.15, -0.1) is 87.8 Å². The van der Waals surface area contributed by atoms with Crippen molar-refractivity contribution >= 4 is 175 Å². The molecule has 0 fully saturated rings. The van der Waals surface area contributed by atoms with Crippen molar-refractivity contribution < 1.29 is 60.3 Å². The molecule has 22 aromatic rings. The Morgan fingerprint density at radius 1 is 0.288 bits per heavy atom. The predicted octanol–water partition coefficient (Wildman–Crippen LogP) is 22.1. The normalized spacial score (nSPS) is 12.9. The number of hydrogen-bond acceptors (Lipinski definition) is 12. The molecular weight excluding hydrogens is 1990 g/mol. The van der Waals surface area contributed by atoms with Gasteiger partial charge in [-0.25, -0.2) is 15.0 Å². The molecule has 0 N–H and O–H groups in total. The number of pyridine rings is 7. The van der Waals surface area contributed by atoms with E-state index in [-0.39, 0.29) is 60.3 Å². The number of rotatable bonds is 3. The summed E-state index contributed by atoms with van der Waals surface area (Å²) in [7, 11) is 6.00. The summed E-state index contributed by atoms with van der Waals surface area (Å²) in [6.07, 6.45) is 19.5. The summed E-state index contributed by atoms with van der Waals surface area (Å²) < 4.78 is 6.67. The third-order valence-corrected chi connectivity index (χ3v) is 20.9. The van der Waals surface area contributed by atoms with Gasteiger partial charge in [-0.1, -0.05) is 140 Å². The molecule has 11 aromatic heterocycles. The van der Waals surface area contributed by atoms with Gasteiger partial charge >= 0.3 is 60.3 Å². The van der Waals surface area contributed by atoms with E-state index in [1.807, 2.05) is 272 Å². The van der Waals surface area contributed by atoms with E-state index in [0.29, 0.717) is 0 Å². The summed E-state index contributed by atoms with van der Waals surface area (Å²) in [4.78, 5) is 40.8. The quantitative estimate of drug-likeness (QED) is 0.0954. The van der Waals surface area contributed by atoms with Crippen molar-refractivity contribution in [2.45, 2.75) is 0 Å². The zero-order valence-electron chi connectivity index (χ0n) is 63.8. The number of benzene rings is 11. The van der Waals surface area contributed by atoms with Crippen molar-refractivity contribution in [3.8, 4) is 0 Å². The number of anilines is 3. The Hall–Kier alpha value is -13.3. The van der Waals surface area contributed by atoms with Crippen LogP contribution in [-0.2, 0) is 60.3 Å². The van der Waals surface area contributed by atoms with Crippen molar-refractivity contribution in [1.29, 1.82) is 0 Å². The van der Waals surface area contributed by atoms with Crippen LogP contribution in [0.25, 0.3) is 158 Å². The van der Waals surface area contributed by atoms with Crippen LogP contribution in [0.5, 0.6) is 0 Å². The monoisotopic (exact) mass is 2060 g/mol. The Balaban J connectivity index is 0.000000105. The molecule has 0 radical (unpaired) electrons. The smallest absolute Gasteiger partial charge is 0.510 e. The zero-order chi connectivity index (χ0) is 76.9. The first kappa shape index (κ1) is 77.3. The summed E-state index contributed by atoms with van der Waals surface area (Å²) in [5.74, 6) is 0. The Morgan fingerprint density at radius 3 is 1.14 bits per heavy atom. The number of para-hydroxylation sites is 8. The van der Waals surface area contributed by atoms with Gasteiger partial charge < -0.3 is 57.6 Å². The van der Waals surface area contributed by atoms with Crippen LogP contribution in [0.1, 0.15) is 0 Å². The third-order valence-electron chi connectivity index (χ3n) is 20.9. The number of nitrogens with zero attached hydrogens (tertiary/aromatic N) is 15. The topological polar surface area (TPSA) is 110 Å². The van der Waals surface area contributed by atoms with Crippen LogP contribution in [0, 0.1) is 56.4 Å². The first-order valence-corrected chi connectivity index (χ1v) is 37.9. The molecule has 0 spiro atoms. The van der Waals surface area contributed by atoms with Crippen LogP contribution in [0.3, 0.4) is 0 Å². The number of fused-ring (bicyclic) bond motifs is 32. The van der Waals surface area contributed by atoms with E-state index in [1.165, 1.54) is 48.7 Å². The maximum absolute atomic E-state index is 4.93. The average molecular weight is 2060 g/mol. The standard InChI is InChI=1S/C27H15N2.C22H12N3.C21H11N4.3C10H10N2.3Ir/c1-6-14-23-17(8-1)16-24-26-22(13-7-15-28-26)25-20-11-4-2-9-18(20)19-10-3-5-12-21(19)27(25)29(23)24;1-3-8-16-15(7-1)13-24-22-20(16)17-9-5-11-23-21(17)19-12-14-6-2-4-10-18(14)25(19)22;1-4-10-17-13(6-1)12-18-19-14(7-5-11-22-19)20-21(25(17)18)24-16-9-3-2-8-15(16)23-20;3*1-11-7-8-12(9-11)10-5-3-2-4-6-10;;;/h1-15H;1-11,13H;1-11H;3*2-5,7-9H,1H3;;;/q3*-1;3*-2;3*+3. The second kappa shape index (κ2) is 33.5. The molecule has 3 aliphatic rings. The van der Waals surface area contributed by atoms with Crippen LogP contribution >= 0.6 is 0 Å². The maximum atomic E-state index is 4.93. The molecule has 0 saturated heterocycles. The predicted molar refractivity (Wildman–Crippen MR) is 470 cm³/mol. The third kappa shape index (κ3) is 14.3. The molecule has 0 aliphatic carbocycles. The minimum absolute atomic E-state index is 0. The first-order valence-electron chi connectivity index (χ1n) is 37.9. The second-order valence-corrected chi connectivity index (χ2v) is 28.1. The van der Waals surface area contributed by atoms with Gasteiger partial charge in [-0.2, -0.15) is 111 Å². The molecular formula is C100H68Ir3N15. The van der Waals surface area contributed by atoms with Crippen molar-refractivity contribution in [3.05, 3.63) is 397 Å². The molecule has 0 atom stereocenters. The fourth-order valence-electron chi connectivity index (χ4n) is 15.7. The minimum Gasteiger partial charge on any atom is -0.510 e. The minimum atomic E-state index is 0. The van der Waals surface area contributed by atoms with Gasteiger partial charge in [0.05, 0.1) is 16.6 Å². The Labute approximate surface area is 721 Å². The SMILES string of the molecule is CN1C=CN(c2[c-]cccc2)[CH-]1.CN1C=CN(c2[c-]cccc2)[CH-]1.CN1C=CN(c2[c-]cccc2)[CH-]1.[Ir+3].[Ir+3].[Ir+3].[c-]1c2ccccc2n2c1c1ncccc1c1c3ccccc3c3ccccc3c12.[c-]1c2ccccc2n2c1c1ncccc1c1c3ccccc3cnc12.[c-]1c2ccccc2n2c1c1ncccc1c1nc3ccccc3nc12. The molecule has 11 aromatic carbocycles. The summed E-state index contributed by atoms with van der Waals surface area (Å²) in [5, 5.41) is 16.4. The first-order chi connectivity index (χ1) is 56.8. The van der Waals surface area contributed by atoms with E-state index in [4.69, 9.17) is 19.9 Å². The molecule has 15 nitrogen and oxygen atoms in total. The Kier molecular flexibility index (Phi) is 22.0. The summed E-state index contributed by atoms with van der Waals surface area (Å²) in [6.45, 7) is 6.02. The number of aromatic nitrogens is 9.